The Morgan fingerprint density at radius 3 is 2.62 bits per heavy atom. The molecule has 3 unspecified atom stereocenters. The van der Waals surface area contributed by atoms with Gasteiger partial charge in [-0.1, -0.05) is 32.3 Å². The molecule has 0 aliphatic heterocycles. The minimum atomic E-state index is 0.515. The molecule has 21 heavy (non-hydrogen) atoms. The standard InChI is InChI=1S/C18H29NO2/c1-4-5-13-6-7-14(12-19)17(10-13)16-9-8-15(20-2)11-18(16)21-3/h8-9,11,13-14,17H,4-7,10,12,19H2,1-3H3. The van der Waals surface area contributed by atoms with Crippen LogP contribution in [0.4, 0.5) is 0 Å². The van der Waals surface area contributed by atoms with Gasteiger partial charge in [0.15, 0.2) is 0 Å². The average Bonchev–Trinajstić information content (AvgIpc) is 2.54. The lowest BCUT2D eigenvalue weighted by molar-refractivity contribution is 0.226. The number of nitrogens with two attached hydrogens (primary N) is 1. The van der Waals surface area contributed by atoms with E-state index in [0.29, 0.717) is 11.8 Å². The van der Waals surface area contributed by atoms with Crippen molar-refractivity contribution in [3.63, 3.8) is 0 Å². The van der Waals surface area contributed by atoms with Crippen molar-refractivity contribution < 1.29 is 9.47 Å². The summed E-state index contributed by atoms with van der Waals surface area (Å²) in [4.78, 5) is 0. The van der Waals surface area contributed by atoms with Crippen LogP contribution in [0.3, 0.4) is 0 Å². The van der Waals surface area contributed by atoms with Crippen molar-refractivity contribution in [3.8, 4) is 11.5 Å². The van der Waals surface area contributed by atoms with Gasteiger partial charge in [0, 0.05) is 6.07 Å². The molecule has 1 aliphatic rings. The normalized spacial score (nSPS) is 25.6. The Hall–Kier alpha value is -1.22. The van der Waals surface area contributed by atoms with Crippen LogP contribution in [0.5, 0.6) is 11.5 Å². The predicted octanol–water partition coefficient (Wildman–Crippen LogP) is 3.96. The maximum absolute atomic E-state index is 6.03. The first kappa shape index (κ1) is 16.2. The Morgan fingerprint density at radius 2 is 2.00 bits per heavy atom. The molecule has 0 radical (unpaired) electrons. The molecular formula is C18H29NO2. The lowest BCUT2D eigenvalue weighted by Gasteiger charge is -2.36. The number of methoxy groups -OCH3 is 2. The Labute approximate surface area is 128 Å². The monoisotopic (exact) mass is 291 g/mol. The van der Waals surface area contributed by atoms with Crippen LogP contribution in [-0.2, 0) is 0 Å². The fraction of sp³-hybridized carbons (Fsp3) is 0.667. The summed E-state index contributed by atoms with van der Waals surface area (Å²) in [5.41, 5.74) is 7.33. The molecular weight excluding hydrogens is 262 g/mol. The zero-order valence-corrected chi connectivity index (χ0v) is 13.6. The van der Waals surface area contributed by atoms with E-state index in [4.69, 9.17) is 15.2 Å². The van der Waals surface area contributed by atoms with E-state index in [0.717, 1.165) is 24.0 Å². The van der Waals surface area contributed by atoms with Gasteiger partial charge in [-0.2, -0.15) is 0 Å². The summed E-state index contributed by atoms with van der Waals surface area (Å²) < 4.78 is 10.9. The van der Waals surface area contributed by atoms with Crippen LogP contribution < -0.4 is 15.2 Å². The van der Waals surface area contributed by atoms with Gasteiger partial charge in [0.2, 0.25) is 0 Å². The van der Waals surface area contributed by atoms with Crippen molar-refractivity contribution in [2.24, 2.45) is 17.6 Å². The van der Waals surface area contributed by atoms with Crippen LogP contribution in [0.1, 0.15) is 50.5 Å². The van der Waals surface area contributed by atoms with Gasteiger partial charge in [0.25, 0.3) is 0 Å². The van der Waals surface area contributed by atoms with E-state index in [9.17, 15) is 0 Å². The van der Waals surface area contributed by atoms with E-state index < -0.39 is 0 Å². The van der Waals surface area contributed by atoms with Gasteiger partial charge in [0.05, 0.1) is 14.2 Å². The van der Waals surface area contributed by atoms with Gasteiger partial charge in [-0.15, -0.1) is 0 Å². The van der Waals surface area contributed by atoms with Crippen molar-refractivity contribution in [2.45, 2.75) is 44.9 Å². The second-order valence-corrected chi connectivity index (χ2v) is 6.18. The SMILES string of the molecule is CCCC1CCC(CN)C(c2ccc(OC)cc2OC)C1. The summed E-state index contributed by atoms with van der Waals surface area (Å²) in [5, 5.41) is 0. The number of benzene rings is 1. The van der Waals surface area contributed by atoms with Gasteiger partial charge >= 0.3 is 0 Å². The van der Waals surface area contributed by atoms with Crippen LogP contribution in [0.2, 0.25) is 0 Å². The molecule has 0 bridgehead atoms. The molecule has 0 heterocycles. The molecule has 0 spiro atoms. The van der Waals surface area contributed by atoms with Gasteiger partial charge in [0.1, 0.15) is 11.5 Å². The zero-order chi connectivity index (χ0) is 15.2. The first-order valence-corrected chi connectivity index (χ1v) is 8.15. The van der Waals surface area contributed by atoms with Crippen molar-refractivity contribution in [1.29, 1.82) is 0 Å². The van der Waals surface area contributed by atoms with E-state index in [1.807, 2.05) is 12.1 Å². The molecule has 1 aromatic carbocycles. The summed E-state index contributed by atoms with van der Waals surface area (Å²) in [7, 11) is 3.43. The third-order valence-corrected chi connectivity index (χ3v) is 4.94. The van der Waals surface area contributed by atoms with Crippen LogP contribution >= 0.6 is 0 Å². The highest BCUT2D eigenvalue weighted by atomic mass is 16.5. The molecule has 0 saturated heterocycles. The third kappa shape index (κ3) is 3.70. The lowest BCUT2D eigenvalue weighted by atomic mass is 9.70. The van der Waals surface area contributed by atoms with Crippen molar-refractivity contribution in [1.82, 2.24) is 0 Å². The quantitative estimate of drug-likeness (QED) is 0.862. The lowest BCUT2D eigenvalue weighted by Crippen LogP contribution is -2.29. The Morgan fingerprint density at radius 1 is 1.19 bits per heavy atom. The first-order chi connectivity index (χ1) is 10.2. The maximum atomic E-state index is 6.03. The van der Waals surface area contributed by atoms with Crippen LogP contribution in [0, 0.1) is 11.8 Å². The van der Waals surface area contributed by atoms with Gasteiger partial charge < -0.3 is 15.2 Å². The molecule has 1 fully saturated rings. The maximum Gasteiger partial charge on any atom is 0.126 e. The summed E-state index contributed by atoms with van der Waals surface area (Å²) in [6, 6.07) is 6.19. The van der Waals surface area contributed by atoms with Crippen molar-refractivity contribution >= 4 is 0 Å². The molecule has 3 heteroatoms. The summed E-state index contributed by atoms with van der Waals surface area (Å²) in [6.07, 6.45) is 6.39. The molecule has 1 saturated carbocycles. The molecule has 3 nitrogen and oxygen atoms in total. The average molecular weight is 291 g/mol. The fourth-order valence-electron chi connectivity index (χ4n) is 3.78. The van der Waals surface area contributed by atoms with E-state index in [1.54, 1.807) is 14.2 Å². The predicted molar refractivity (Wildman–Crippen MR) is 87.1 cm³/mol. The minimum Gasteiger partial charge on any atom is -0.497 e. The second-order valence-electron chi connectivity index (χ2n) is 6.18. The van der Waals surface area contributed by atoms with Crippen LogP contribution in [-0.4, -0.2) is 20.8 Å². The van der Waals surface area contributed by atoms with E-state index in [-0.39, 0.29) is 0 Å². The van der Waals surface area contributed by atoms with Gasteiger partial charge in [-0.25, -0.2) is 0 Å². The zero-order valence-electron chi connectivity index (χ0n) is 13.6. The number of hydrogen-bond donors (Lipinski definition) is 1. The number of rotatable bonds is 6. The van der Waals surface area contributed by atoms with Crippen LogP contribution in [0.15, 0.2) is 18.2 Å². The molecule has 0 aromatic heterocycles. The smallest absolute Gasteiger partial charge is 0.126 e. The molecule has 2 N–H and O–H groups in total. The summed E-state index contributed by atoms with van der Waals surface area (Å²) in [5.74, 6) is 3.70. The molecule has 0 amide bonds. The minimum absolute atomic E-state index is 0.515. The fourth-order valence-corrected chi connectivity index (χ4v) is 3.78. The summed E-state index contributed by atoms with van der Waals surface area (Å²) in [6.45, 7) is 3.04. The molecule has 3 atom stereocenters. The third-order valence-electron chi connectivity index (χ3n) is 4.94. The molecule has 1 aromatic rings. The topological polar surface area (TPSA) is 44.5 Å². The number of hydrogen-bond acceptors (Lipinski definition) is 3. The van der Waals surface area contributed by atoms with Gasteiger partial charge in [-0.05, 0) is 48.8 Å². The molecule has 1 aliphatic carbocycles. The first-order valence-electron chi connectivity index (χ1n) is 8.15. The number of ether oxygens (including phenoxy) is 2. The summed E-state index contributed by atoms with van der Waals surface area (Å²) >= 11 is 0. The highest BCUT2D eigenvalue weighted by Crippen LogP contribution is 2.45. The van der Waals surface area contributed by atoms with E-state index in [2.05, 4.69) is 13.0 Å². The highest BCUT2D eigenvalue weighted by molar-refractivity contribution is 5.43. The van der Waals surface area contributed by atoms with E-state index in [1.165, 1.54) is 37.7 Å². The molecule has 118 valence electrons. The Kier molecular flexibility index (Phi) is 5.92. The Balaban J connectivity index is 2.27. The Bertz CT molecular complexity index is 447. The van der Waals surface area contributed by atoms with Crippen LogP contribution in [0.25, 0.3) is 0 Å². The van der Waals surface area contributed by atoms with Gasteiger partial charge in [-0.3, -0.25) is 0 Å². The van der Waals surface area contributed by atoms with Crippen molar-refractivity contribution in [2.75, 3.05) is 20.8 Å². The second kappa shape index (κ2) is 7.69. The van der Waals surface area contributed by atoms with E-state index >= 15 is 0 Å². The largest absolute Gasteiger partial charge is 0.497 e. The highest BCUT2D eigenvalue weighted by Gasteiger charge is 2.32. The molecule has 2 rings (SSSR count). The van der Waals surface area contributed by atoms with Crippen molar-refractivity contribution in [3.05, 3.63) is 23.8 Å².